The summed E-state index contributed by atoms with van der Waals surface area (Å²) in [6.07, 6.45) is 2.57. The van der Waals surface area contributed by atoms with Crippen molar-refractivity contribution >= 4 is 48.4 Å². The number of anilines is 1. The van der Waals surface area contributed by atoms with Gasteiger partial charge in [-0.15, -0.1) is 0 Å². The predicted molar refractivity (Wildman–Crippen MR) is 179 cm³/mol. The Bertz CT molecular complexity index is 1240. The van der Waals surface area contributed by atoms with E-state index in [4.69, 9.17) is 5.11 Å². The van der Waals surface area contributed by atoms with Gasteiger partial charge in [0.05, 0.1) is 37.8 Å². The van der Waals surface area contributed by atoms with Crippen molar-refractivity contribution in [2.45, 2.75) is 45.0 Å². The molecule has 1 heterocycles. The molecule has 1 aromatic rings. The van der Waals surface area contributed by atoms with Gasteiger partial charge in [-0.25, -0.2) is 0 Å². The molecule has 1 aliphatic heterocycles. The van der Waals surface area contributed by atoms with E-state index in [9.17, 15) is 43.9 Å². The fraction of sp³-hybridized carbons (Fsp3) is 0.600. The molecule has 1 aliphatic rings. The highest BCUT2D eigenvalue weighted by atomic mass is 16.4. The molecule has 18 nitrogen and oxygen atoms in total. The minimum Gasteiger partial charge on any atom is -0.480 e. The third kappa shape index (κ3) is 16.6. The Morgan fingerprint density at radius 2 is 1.61 bits per heavy atom. The monoisotopic (exact) mass is 692 g/mol. The zero-order valence-electron chi connectivity index (χ0n) is 27.8. The molecule has 1 saturated heterocycles. The second-order valence-electron chi connectivity index (χ2n) is 11.7. The van der Waals surface area contributed by atoms with Crippen LogP contribution in [0.15, 0.2) is 24.3 Å². The first-order valence-corrected chi connectivity index (χ1v) is 16.3. The van der Waals surface area contributed by atoms with Crippen molar-refractivity contribution in [1.29, 1.82) is 0 Å². The maximum absolute atomic E-state index is 12.5. The lowest BCUT2D eigenvalue weighted by Gasteiger charge is -2.24. The number of aliphatic carboxylic acids is 2. The molecule has 0 bridgehead atoms. The molecule has 1 unspecified atom stereocenters. The van der Waals surface area contributed by atoms with Crippen LogP contribution in [0.2, 0.25) is 0 Å². The Hall–Kier alpha value is -4.30. The number of hydrogen-bond donors (Lipinski definition) is 10. The minimum atomic E-state index is -1.64. The number of likely N-dealkylation sites (tertiary alicyclic amines) is 1. The van der Waals surface area contributed by atoms with Crippen molar-refractivity contribution < 1.29 is 49.0 Å². The van der Waals surface area contributed by atoms with Crippen LogP contribution < -0.4 is 32.1 Å². The highest BCUT2D eigenvalue weighted by Crippen LogP contribution is 2.18. The van der Waals surface area contributed by atoms with E-state index < -0.39 is 42.7 Å². The van der Waals surface area contributed by atoms with Gasteiger partial charge in [0.2, 0.25) is 11.8 Å². The van der Waals surface area contributed by atoms with E-state index >= 15 is 0 Å². The summed E-state index contributed by atoms with van der Waals surface area (Å²) < 4.78 is 0. The van der Waals surface area contributed by atoms with Crippen LogP contribution in [-0.2, 0) is 24.0 Å². The second kappa shape index (κ2) is 22.4. The van der Waals surface area contributed by atoms with Crippen molar-refractivity contribution in [3.05, 3.63) is 29.8 Å². The number of carboxylic acids is 2. The highest BCUT2D eigenvalue weighted by Gasteiger charge is 2.36. The van der Waals surface area contributed by atoms with Gasteiger partial charge < -0.3 is 46.4 Å². The van der Waals surface area contributed by atoms with Gasteiger partial charge in [-0.05, 0) is 56.0 Å². The molecule has 0 spiro atoms. The van der Waals surface area contributed by atoms with Crippen LogP contribution >= 0.6 is 0 Å². The summed E-state index contributed by atoms with van der Waals surface area (Å²) in [5.41, 5.74) is 5.89. The molecule has 1 aromatic carbocycles. The smallest absolute Gasteiger partial charge is 0.475 e. The van der Waals surface area contributed by atoms with Crippen LogP contribution in [0.3, 0.4) is 0 Å². The molecule has 10 N–H and O–H groups in total. The number of nitrogens with zero attached hydrogens (tertiary/aromatic N) is 2. The topological polar surface area (TPSA) is 262 Å². The standard InChI is InChI=1S/C30H49BN8O10/c1-2-21(9-14-38(20-29(45)46)15-12-32-10-11-33-19-28(43)44)16-25(40)34-17-26(41)37-36-23-7-5-22(6-8-23)30(47)35-18-27(42)39-13-3-4-24(39)31(48)49/h5-8,21,24,32-33,36,48-49H,2-4,9-20H2,1H3,(H,34,40)(H,35,47)(H,37,41)(H,43,44)(H,45,46)/t21?,24-/m0/s1. The number of amides is 4. The Balaban J connectivity index is 1.67. The molecular weight excluding hydrogens is 643 g/mol. The first kappa shape index (κ1) is 40.9. The van der Waals surface area contributed by atoms with Crippen molar-refractivity contribution in [3.8, 4) is 0 Å². The van der Waals surface area contributed by atoms with E-state index in [-0.39, 0.29) is 50.0 Å². The number of rotatable bonds is 24. The molecule has 2 rings (SSSR count). The van der Waals surface area contributed by atoms with E-state index in [1.807, 2.05) is 6.92 Å². The summed E-state index contributed by atoms with van der Waals surface area (Å²) in [5, 5.41) is 47.7. The fourth-order valence-electron chi connectivity index (χ4n) is 5.19. The van der Waals surface area contributed by atoms with Crippen LogP contribution in [0.4, 0.5) is 5.69 Å². The molecule has 19 heteroatoms. The third-order valence-corrected chi connectivity index (χ3v) is 7.93. The van der Waals surface area contributed by atoms with E-state index in [1.54, 1.807) is 17.0 Å². The SMILES string of the molecule is CCC(CCN(CCNCCNCC(=O)O)CC(=O)O)CC(=O)NCC(=O)NNc1ccc(C(=O)NCC(=O)N2CCC[C@H]2B(O)O)cc1. The number of benzene rings is 1. The number of hydrogen-bond acceptors (Lipinski definition) is 12. The van der Waals surface area contributed by atoms with E-state index in [1.165, 1.54) is 17.0 Å². The Morgan fingerprint density at radius 1 is 0.898 bits per heavy atom. The zero-order chi connectivity index (χ0) is 36.2. The van der Waals surface area contributed by atoms with Crippen LogP contribution in [-0.4, -0.2) is 144 Å². The molecule has 0 aromatic heterocycles. The predicted octanol–water partition coefficient (Wildman–Crippen LogP) is -2.56. The maximum atomic E-state index is 12.5. The van der Waals surface area contributed by atoms with Crippen LogP contribution in [0.1, 0.15) is 49.4 Å². The minimum absolute atomic E-state index is 0.0231. The molecule has 272 valence electrons. The molecule has 1 fully saturated rings. The number of carbonyl (C=O) groups is 6. The van der Waals surface area contributed by atoms with Gasteiger partial charge >= 0.3 is 19.1 Å². The van der Waals surface area contributed by atoms with E-state index in [2.05, 4.69) is 32.1 Å². The molecule has 4 amide bonds. The van der Waals surface area contributed by atoms with E-state index in [0.29, 0.717) is 70.6 Å². The molecule has 0 radical (unpaired) electrons. The number of hydrazine groups is 1. The van der Waals surface area contributed by atoms with Crippen LogP contribution in [0.25, 0.3) is 0 Å². The van der Waals surface area contributed by atoms with E-state index in [0.717, 1.165) is 0 Å². The molecule has 0 aliphatic carbocycles. The van der Waals surface area contributed by atoms with Gasteiger partial charge in [0.15, 0.2) is 0 Å². The Morgan fingerprint density at radius 3 is 2.27 bits per heavy atom. The molecule has 0 saturated carbocycles. The fourth-order valence-corrected chi connectivity index (χ4v) is 5.19. The Labute approximate surface area is 285 Å². The van der Waals surface area contributed by atoms with Crippen molar-refractivity contribution in [2.24, 2.45) is 5.92 Å². The first-order chi connectivity index (χ1) is 23.4. The van der Waals surface area contributed by atoms with Crippen LogP contribution in [0.5, 0.6) is 0 Å². The number of nitrogens with one attached hydrogen (secondary N) is 6. The van der Waals surface area contributed by atoms with Crippen molar-refractivity contribution in [2.75, 3.05) is 70.9 Å². The average Bonchev–Trinajstić information content (AvgIpc) is 3.57. The number of carboxylic acid groups (broad SMARTS) is 2. The van der Waals surface area contributed by atoms with Gasteiger partial charge in [0.25, 0.3) is 11.8 Å². The van der Waals surface area contributed by atoms with Crippen molar-refractivity contribution in [1.82, 2.24) is 36.5 Å². The quantitative estimate of drug-likeness (QED) is 0.0304. The van der Waals surface area contributed by atoms with Gasteiger partial charge in [0, 0.05) is 44.7 Å². The Kier molecular flexibility index (Phi) is 18.7. The zero-order valence-corrected chi connectivity index (χ0v) is 27.8. The summed E-state index contributed by atoms with van der Waals surface area (Å²) in [6, 6.07) is 6.08. The largest absolute Gasteiger partial charge is 0.480 e. The average molecular weight is 693 g/mol. The lowest BCUT2D eigenvalue weighted by molar-refractivity contribution is -0.138. The normalized spacial score (nSPS) is 14.6. The second-order valence-corrected chi connectivity index (χ2v) is 11.7. The highest BCUT2D eigenvalue weighted by molar-refractivity contribution is 6.43. The van der Waals surface area contributed by atoms with Gasteiger partial charge in [-0.1, -0.05) is 13.3 Å². The summed E-state index contributed by atoms with van der Waals surface area (Å²) in [4.78, 5) is 74.6. The van der Waals surface area contributed by atoms with Gasteiger partial charge in [-0.2, -0.15) is 0 Å². The lowest BCUT2D eigenvalue weighted by Crippen LogP contribution is -2.48. The third-order valence-electron chi connectivity index (χ3n) is 7.93. The maximum Gasteiger partial charge on any atom is 0.475 e. The number of carbonyl (C=O) groups excluding carboxylic acids is 4. The molecular formula is C30H49BN8O10. The first-order valence-electron chi connectivity index (χ1n) is 16.3. The van der Waals surface area contributed by atoms with Crippen molar-refractivity contribution in [3.63, 3.8) is 0 Å². The summed E-state index contributed by atoms with van der Waals surface area (Å²) in [6.45, 7) is 3.92. The summed E-state index contributed by atoms with van der Waals surface area (Å²) in [5.74, 6) is -4.34. The molecule has 2 atom stereocenters. The van der Waals surface area contributed by atoms with Crippen LogP contribution in [0, 0.1) is 5.92 Å². The summed E-state index contributed by atoms with van der Waals surface area (Å²) in [7, 11) is -1.64. The van der Waals surface area contributed by atoms with Gasteiger partial charge in [-0.3, -0.25) is 44.5 Å². The van der Waals surface area contributed by atoms with Gasteiger partial charge in [0.1, 0.15) is 0 Å². The lowest BCUT2D eigenvalue weighted by atomic mass is 9.78. The molecule has 49 heavy (non-hydrogen) atoms. The summed E-state index contributed by atoms with van der Waals surface area (Å²) >= 11 is 0.